The van der Waals surface area contributed by atoms with Crippen molar-refractivity contribution in [2.24, 2.45) is 5.92 Å². The summed E-state index contributed by atoms with van der Waals surface area (Å²) in [4.78, 5) is 2.33. The van der Waals surface area contributed by atoms with E-state index in [0.29, 0.717) is 12.1 Å². The van der Waals surface area contributed by atoms with Crippen LogP contribution in [-0.4, -0.2) is 29.1 Å². The molecule has 3 rings (SSSR count). The molecule has 0 radical (unpaired) electrons. The monoisotopic (exact) mass is 294 g/mol. The van der Waals surface area contributed by atoms with Crippen LogP contribution in [0.4, 0.5) is 8.78 Å². The molecule has 116 valence electrons. The third-order valence-corrected chi connectivity index (χ3v) is 5.15. The Morgan fingerprint density at radius 2 is 1.95 bits per heavy atom. The van der Waals surface area contributed by atoms with Crippen molar-refractivity contribution < 1.29 is 8.78 Å². The van der Waals surface area contributed by atoms with Crippen molar-refractivity contribution in [1.29, 1.82) is 0 Å². The molecule has 4 heteroatoms. The lowest BCUT2D eigenvalue weighted by molar-refractivity contribution is 0.0171. The molecule has 1 saturated heterocycles. The second kappa shape index (κ2) is 5.03. The molecule has 0 amide bonds. The number of nitrogens with one attached hydrogen (secondary N) is 1. The summed E-state index contributed by atoms with van der Waals surface area (Å²) in [5, 5.41) is 3.69. The van der Waals surface area contributed by atoms with Crippen LogP contribution in [0.2, 0.25) is 0 Å². The number of nitrogens with zero attached hydrogens (tertiary/aromatic N) is 1. The van der Waals surface area contributed by atoms with Gasteiger partial charge in [0, 0.05) is 42.3 Å². The third-order valence-electron chi connectivity index (χ3n) is 5.15. The van der Waals surface area contributed by atoms with Gasteiger partial charge in [0.05, 0.1) is 0 Å². The largest absolute Gasteiger partial charge is 0.308 e. The van der Waals surface area contributed by atoms with Crippen molar-refractivity contribution in [2.75, 3.05) is 13.1 Å². The first-order chi connectivity index (χ1) is 9.80. The highest BCUT2D eigenvalue weighted by molar-refractivity contribution is 5.19. The fourth-order valence-electron chi connectivity index (χ4n) is 3.32. The van der Waals surface area contributed by atoms with E-state index in [4.69, 9.17) is 0 Å². The van der Waals surface area contributed by atoms with Crippen LogP contribution < -0.4 is 5.32 Å². The molecule has 1 aromatic rings. The van der Waals surface area contributed by atoms with E-state index >= 15 is 0 Å². The van der Waals surface area contributed by atoms with E-state index in [2.05, 4.69) is 31.0 Å². The van der Waals surface area contributed by atoms with E-state index in [1.807, 2.05) is 0 Å². The van der Waals surface area contributed by atoms with Crippen molar-refractivity contribution >= 4 is 0 Å². The van der Waals surface area contributed by atoms with E-state index < -0.39 is 11.6 Å². The number of halogens is 2. The number of hydrogen-bond acceptors (Lipinski definition) is 2. The molecule has 0 aromatic heterocycles. The highest BCUT2D eigenvalue weighted by Crippen LogP contribution is 2.42. The molecule has 1 heterocycles. The highest BCUT2D eigenvalue weighted by atomic mass is 19.1. The molecule has 1 aliphatic heterocycles. The number of hydrogen-bond donors (Lipinski definition) is 1. The summed E-state index contributed by atoms with van der Waals surface area (Å²) in [5.41, 5.74) is 0.658. The first kappa shape index (κ1) is 14.9. The SMILES string of the molecule is CC1(C2CC2)CN(Cc2ccc(F)cc2F)C(C)(C)CN1. The molecular formula is C17H24F2N2. The Hall–Kier alpha value is -1.00. The van der Waals surface area contributed by atoms with Gasteiger partial charge in [0.15, 0.2) is 0 Å². The maximum atomic E-state index is 13.9. The summed E-state index contributed by atoms with van der Waals surface area (Å²) in [6.45, 7) is 8.95. The zero-order chi connectivity index (χ0) is 15.3. The van der Waals surface area contributed by atoms with Crippen LogP contribution >= 0.6 is 0 Å². The Labute approximate surface area is 125 Å². The van der Waals surface area contributed by atoms with Crippen molar-refractivity contribution in [2.45, 2.75) is 51.2 Å². The molecule has 1 saturated carbocycles. The van der Waals surface area contributed by atoms with E-state index in [9.17, 15) is 8.78 Å². The molecule has 1 aromatic carbocycles. The van der Waals surface area contributed by atoms with Crippen LogP contribution in [0, 0.1) is 17.6 Å². The molecule has 1 aliphatic carbocycles. The average molecular weight is 294 g/mol. The number of benzene rings is 1. The minimum atomic E-state index is -0.515. The van der Waals surface area contributed by atoms with Crippen molar-refractivity contribution in [1.82, 2.24) is 10.2 Å². The molecule has 1 N–H and O–H groups in total. The van der Waals surface area contributed by atoms with E-state index in [1.54, 1.807) is 6.07 Å². The summed E-state index contributed by atoms with van der Waals surface area (Å²) in [7, 11) is 0. The minimum absolute atomic E-state index is 0.0325. The van der Waals surface area contributed by atoms with Crippen LogP contribution in [0.25, 0.3) is 0 Å². The Balaban J connectivity index is 1.80. The summed E-state index contributed by atoms with van der Waals surface area (Å²) < 4.78 is 27.0. The van der Waals surface area contributed by atoms with Gasteiger partial charge in [0.2, 0.25) is 0 Å². The number of piperazine rings is 1. The molecule has 21 heavy (non-hydrogen) atoms. The summed E-state index contributed by atoms with van der Waals surface area (Å²) in [5.74, 6) is -0.231. The normalized spacial score (nSPS) is 29.6. The summed E-state index contributed by atoms with van der Waals surface area (Å²) in [6.07, 6.45) is 2.56. The summed E-state index contributed by atoms with van der Waals surface area (Å²) >= 11 is 0. The van der Waals surface area contributed by atoms with Crippen molar-refractivity contribution in [3.05, 3.63) is 35.4 Å². The molecule has 2 aliphatic rings. The molecule has 2 fully saturated rings. The zero-order valence-electron chi connectivity index (χ0n) is 13.0. The van der Waals surface area contributed by atoms with Gasteiger partial charge in [-0.05, 0) is 45.6 Å². The Morgan fingerprint density at radius 3 is 2.57 bits per heavy atom. The van der Waals surface area contributed by atoms with Gasteiger partial charge in [-0.2, -0.15) is 0 Å². The maximum Gasteiger partial charge on any atom is 0.130 e. The molecule has 0 bridgehead atoms. The average Bonchev–Trinajstić information content (AvgIpc) is 3.22. The lowest BCUT2D eigenvalue weighted by Gasteiger charge is -2.51. The molecule has 1 unspecified atom stereocenters. The predicted octanol–water partition coefficient (Wildman–Crippen LogP) is 3.32. The van der Waals surface area contributed by atoms with Gasteiger partial charge in [-0.1, -0.05) is 6.07 Å². The Kier molecular flexibility index (Phi) is 3.57. The standard InChI is InChI=1S/C17H24F2N2/c1-16(2)10-20-17(3,13-5-6-13)11-21(16)9-12-4-7-14(18)8-15(12)19/h4,7-8,13,20H,5-6,9-11H2,1-3H3. The fourth-order valence-corrected chi connectivity index (χ4v) is 3.32. The van der Waals surface area contributed by atoms with Gasteiger partial charge in [0.25, 0.3) is 0 Å². The summed E-state index contributed by atoms with van der Waals surface area (Å²) in [6, 6.07) is 3.88. The van der Waals surface area contributed by atoms with Gasteiger partial charge < -0.3 is 5.32 Å². The zero-order valence-corrected chi connectivity index (χ0v) is 13.0. The lowest BCUT2D eigenvalue weighted by Crippen LogP contribution is -2.67. The minimum Gasteiger partial charge on any atom is -0.308 e. The molecule has 0 spiro atoms. The number of rotatable bonds is 3. The van der Waals surface area contributed by atoms with E-state index in [-0.39, 0.29) is 11.1 Å². The second-order valence-corrected chi connectivity index (χ2v) is 7.45. The van der Waals surface area contributed by atoms with Gasteiger partial charge >= 0.3 is 0 Å². The van der Waals surface area contributed by atoms with Crippen LogP contribution in [-0.2, 0) is 6.54 Å². The first-order valence-corrected chi connectivity index (χ1v) is 7.74. The maximum absolute atomic E-state index is 13.9. The molecule has 1 atom stereocenters. The molecule has 2 nitrogen and oxygen atoms in total. The van der Waals surface area contributed by atoms with Gasteiger partial charge in [-0.25, -0.2) is 8.78 Å². The molecular weight excluding hydrogens is 270 g/mol. The fraction of sp³-hybridized carbons (Fsp3) is 0.647. The topological polar surface area (TPSA) is 15.3 Å². The Bertz CT molecular complexity index is 540. The van der Waals surface area contributed by atoms with Gasteiger partial charge in [0.1, 0.15) is 11.6 Å². The third kappa shape index (κ3) is 2.97. The van der Waals surface area contributed by atoms with Crippen LogP contribution in [0.3, 0.4) is 0 Å². The smallest absolute Gasteiger partial charge is 0.130 e. The van der Waals surface area contributed by atoms with Crippen molar-refractivity contribution in [3.8, 4) is 0 Å². The van der Waals surface area contributed by atoms with E-state index in [1.165, 1.54) is 18.9 Å². The predicted molar refractivity (Wildman–Crippen MR) is 80.0 cm³/mol. The second-order valence-electron chi connectivity index (χ2n) is 7.45. The van der Waals surface area contributed by atoms with E-state index in [0.717, 1.165) is 25.1 Å². The van der Waals surface area contributed by atoms with Gasteiger partial charge in [-0.15, -0.1) is 0 Å². The first-order valence-electron chi connectivity index (χ1n) is 7.74. The lowest BCUT2D eigenvalue weighted by atomic mass is 9.86. The van der Waals surface area contributed by atoms with Gasteiger partial charge in [-0.3, -0.25) is 4.90 Å². The van der Waals surface area contributed by atoms with Crippen LogP contribution in [0.5, 0.6) is 0 Å². The Morgan fingerprint density at radius 1 is 1.24 bits per heavy atom. The van der Waals surface area contributed by atoms with Crippen LogP contribution in [0.15, 0.2) is 18.2 Å². The van der Waals surface area contributed by atoms with Crippen LogP contribution in [0.1, 0.15) is 39.2 Å². The van der Waals surface area contributed by atoms with Crippen molar-refractivity contribution in [3.63, 3.8) is 0 Å². The highest BCUT2D eigenvalue weighted by Gasteiger charge is 2.48. The quantitative estimate of drug-likeness (QED) is 0.920.